The van der Waals surface area contributed by atoms with E-state index in [1.165, 1.54) is 0 Å². The van der Waals surface area contributed by atoms with E-state index in [2.05, 4.69) is 6.58 Å². The third kappa shape index (κ3) is 1.43. The van der Waals surface area contributed by atoms with Gasteiger partial charge in [0.25, 0.3) is 0 Å². The average Bonchev–Trinajstić information content (AvgIpc) is 2.17. The SMILES string of the molecule is C=C1CC(C)C(=O)N1CCO. The van der Waals surface area contributed by atoms with Crippen molar-refractivity contribution in [1.82, 2.24) is 4.90 Å². The van der Waals surface area contributed by atoms with E-state index in [1.54, 1.807) is 4.90 Å². The molecule has 0 spiro atoms. The first-order valence-corrected chi connectivity index (χ1v) is 3.77. The van der Waals surface area contributed by atoms with E-state index in [4.69, 9.17) is 5.11 Å². The quantitative estimate of drug-likeness (QED) is 0.625. The Hall–Kier alpha value is -0.830. The summed E-state index contributed by atoms with van der Waals surface area (Å²) in [6, 6.07) is 0. The van der Waals surface area contributed by atoms with Crippen LogP contribution in [0.1, 0.15) is 13.3 Å². The summed E-state index contributed by atoms with van der Waals surface area (Å²) in [5, 5.41) is 8.61. The van der Waals surface area contributed by atoms with E-state index in [0.717, 1.165) is 12.1 Å². The summed E-state index contributed by atoms with van der Waals surface area (Å²) in [6.07, 6.45) is 0.735. The summed E-state index contributed by atoms with van der Waals surface area (Å²) in [4.78, 5) is 12.8. The van der Waals surface area contributed by atoms with Crippen molar-refractivity contribution in [2.24, 2.45) is 5.92 Å². The Morgan fingerprint density at radius 1 is 1.82 bits per heavy atom. The number of hydrogen-bond acceptors (Lipinski definition) is 2. The van der Waals surface area contributed by atoms with E-state index in [1.807, 2.05) is 6.92 Å². The van der Waals surface area contributed by atoms with Crippen molar-refractivity contribution in [1.29, 1.82) is 0 Å². The third-order valence-electron chi connectivity index (χ3n) is 1.93. The van der Waals surface area contributed by atoms with E-state index >= 15 is 0 Å². The number of rotatable bonds is 2. The van der Waals surface area contributed by atoms with Crippen LogP contribution in [0.4, 0.5) is 0 Å². The molecule has 1 N–H and O–H groups in total. The van der Waals surface area contributed by atoms with Gasteiger partial charge in [0.15, 0.2) is 0 Å². The predicted molar refractivity (Wildman–Crippen MR) is 41.7 cm³/mol. The highest BCUT2D eigenvalue weighted by molar-refractivity contribution is 5.83. The molecule has 1 rings (SSSR count). The number of hydrogen-bond donors (Lipinski definition) is 1. The van der Waals surface area contributed by atoms with Gasteiger partial charge in [-0.15, -0.1) is 0 Å². The van der Waals surface area contributed by atoms with Crippen molar-refractivity contribution >= 4 is 5.91 Å². The summed E-state index contributed by atoms with van der Waals surface area (Å²) in [6.45, 7) is 6.03. The zero-order valence-electron chi connectivity index (χ0n) is 6.71. The van der Waals surface area contributed by atoms with E-state index in [-0.39, 0.29) is 18.4 Å². The van der Waals surface area contributed by atoms with Crippen LogP contribution in [0.5, 0.6) is 0 Å². The van der Waals surface area contributed by atoms with Gasteiger partial charge in [-0.1, -0.05) is 13.5 Å². The van der Waals surface area contributed by atoms with Crippen molar-refractivity contribution in [3.8, 4) is 0 Å². The van der Waals surface area contributed by atoms with Gasteiger partial charge in [0.2, 0.25) is 5.91 Å². The van der Waals surface area contributed by atoms with Crippen LogP contribution in [0.25, 0.3) is 0 Å². The first-order valence-electron chi connectivity index (χ1n) is 3.77. The zero-order chi connectivity index (χ0) is 8.43. The second-order valence-corrected chi connectivity index (χ2v) is 2.88. The third-order valence-corrected chi connectivity index (χ3v) is 1.93. The largest absolute Gasteiger partial charge is 0.395 e. The van der Waals surface area contributed by atoms with Gasteiger partial charge in [-0.3, -0.25) is 4.79 Å². The molecule has 0 radical (unpaired) electrons. The molecule has 1 aliphatic heterocycles. The lowest BCUT2D eigenvalue weighted by Crippen LogP contribution is -2.28. The van der Waals surface area contributed by atoms with Crippen molar-refractivity contribution in [3.05, 3.63) is 12.3 Å². The van der Waals surface area contributed by atoms with Gasteiger partial charge in [-0.05, 0) is 6.42 Å². The van der Waals surface area contributed by atoms with E-state index < -0.39 is 0 Å². The van der Waals surface area contributed by atoms with Gasteiger partial charge in [-0.2, -0.15) is 0 Å². The molecule has 0 bridgehead atoms. The smallest absolute Gasteiger partial charge is 0.230 e. The van der Waals surface area contributed by atoms with Gasteiger partial charge in [0, 0.05) is 18.2 Å². The molecule has 3 heteroatoms. The summed E-state index contributed by atoms with van der Waals surface area (Å²) in [5.74, 6) is 0.137. The molecule has 62 valence electrons. The molecule has 0 aromatic carbocycles. The van der Waals surface area contributed by atoms with Crippen LogP contribution in [0.3, 0.4) is 0 Å². The van der Waals surface area contributed by atoms with Crippen LogP contribution in [-0.4, -0.2) is 29.1 Å². The first kappa shape index (κ1) is 8.27. The number of aliphatic hydroxyl groups excluding tert-OH is 1. The van der Waals surface area contributed by atoms with Crippen molar-refractivity contribution in [2.75, 3.05) is 13.2 Å². The molecule has 11 heavy (non-hydrogen) atoms. The number of amides is 1. The number of nitrogens with zero attached hydrogens (tertiary/aromatic N) is 1. The summed E-state index contributed by atoms with van der Waals surface area (Å²) in [5.41, 5.74) is 0.830. The second kappa shape index (κ2) is 3.05. The highest BCUT2D eigenvalue weighted by Gasteiger charge is 2.30. The molecule has 0 aromatic heterocycles. The maximum Gasteiger partial charge on any atom is 0.230 e. The van der Waals surface area contributed by atoms with E-state index in [0.29, 0.717) is 6.54 Å². The average molecular weight is 155 g/mol. The second-order valence-electron chi connectivity index (χ2n) is 2.88. The van der Waals surface area contributed by atoms with Crippen molar-refractivity contribution in [2.45, 2.75) is 13.3 Å². The maximum atomic E-state index is 11.3. The lowest BCUT2D eigenvalue weighted by Gasteiger charge is -2.15. The molecule has 1 heterocycles. The number of carbonyl (C=O) groups excluding carboxylic acids is 1. The van der Waals surface area contributed by atoms with Gasteiger partial charge < -0.3 is 10.0 Å². The molecule has 0 saturated carbocycles. The monoisotopic (exact) mass is 155 g/mol. The van der Waals surface area contributed by atoms with Crippen LogP contribution < -0.4 is 0 Å². The molecule has 1 unspecified atom stereocenters. The van der Waals surface area contributed by atoms with Crippen molar-refractivity contribution in [3.63, 3.8) is 0 Å². The van der Waals surface area contributed by atoms with Gasteiger partial charge in [0.1, 0.15) is 0 Å². The fourth-order valence-electron chi connectivity index (χ4n) is 1.34. The summed E-state index contributed by atoms with van der Waals surface area (Å²) >= 11 is 0. The number of likely N-dealkylation sites (tertiary alicyclic amines) is 1. The molecule has 1 saturated heterocycles. The highest BCUT2D eigenvalue weighted by atomic mass is 16.3. The van der Waals surface area contributed by atoms with Crippen LogP contribution in [0.15, 0.2) is 12.3 Å². The molecule has 1 fully saturated rings. The number of allylic oxidation sites excluding steroid dienone is 1. The fourth-order valence-corrected chi connectivity index (χ4v) is 1.34. The lowest BCUT2D eigenvalue weighted by molar-refractivity contribution is -0.130. The molecule has 1 atom stereocenters. The summed E-state index contributed by atoms with van der Waals surface area (Å²) < 4.78 is 0. The van der Waals surface area contributed by atoms with Crippen LogP contribution in [0, 0.1) is 5.92 Å². The lowest BCUT2D eigenvalue weighted by atomic mass is 10.1. The van der Waals surface area contributed by atoms with Crippen molar-refractivity contribution < 1.29 is 9.90 Å². The molecule has 0 aliphatic carbocycles. The molecular weight excluding hydrogens is 142 g/mol. The maximum absolute atomic E-state index is 11.3. The molecule has 0 aromatic rings. The van der Waals surface area contributed by atoms with Crippen LogP contribution >= 0.6 is 0 Å². The Kier molecular flexibility index (Phi) is 2.29. The summed E-state index contributed by atoms with van der Waals surface area (Å²) in [7, 11) is 0. The number of carbonyl (C=O) groups is 1. The number of β-amino-alcohol motifs (C(OH)–C–C–N with tert-alkyl or cyclic N) is 1. The highest BCUT2D eigenvalue weighted by Crippen LogP contribution is 2.25. The topological polar surface area (TPSA) is 40.5 Å². The molecule has 1 aliphatic rings. The Morgan fingerprint density at radius 2 is 2.45 bits per heavy atom. The van der Waals surface area contributed by atoms with Crippen LogP contribution in [0.2, 0.25) is 0 Å². The minimum atomic E-state index is 0.0114. The zero-order valence-corrected chi connectivity index (χ0v) is 6.71. The molecule has 1 amide bonds. The van der Waals surface area contributed by atoms with Gasteiger partial charge in [0.05, 0.1) is 6.61 Å². The first-order chi connectivity index (χ1) is 5.16. The van der Waals surface area contributed by atoms with E-state index in [9.17, 15) is 4.79 Å². The molecule has 3 nitrogen and oxygen atoms in total. The standard InChI is InChI=1S/C8H13NO2/c1-6-5-7(2)9(3-4-10)8(6)11/h6,10H,2-5H2,1H3. The number of aliphatic hydroxyl groups is 1. The predicted octanol–water partition coefficient (Wildman–Crippen LogP) is 0.361. The Morgan fingerprint density at radius 3 is 2.82 bits per heavy atom. The Balaban J connectivity index is 2.64. The van der Waals surface area contributed by atoms with Gasteiger partial charge in [-0.25, -0.2) is 0 Å². The van der Waals surface area contributed by atoms with Crippen LogP contribution in [-0.2, 0) is 4.79 Å². The minimum Gasteiger partial charge on any atom is -0.395 e. The molecular formula is C8H13NO2. The Labute approximate surface area is 66.3 Å². The Bertz CT molecular complexity index is 189. The fraction of sp³-hybridized carbons (Fsp3) is 0.625. The van der Waals surface area contributed by atoms with Gasteiger partial charge >= 0.3 is 0 Å². The normalized spacial score (nSPS) is 24.9. The minimum absolute atomic E-state index is 0.0114.